The fourth-order valence-corrected chi connectivity index (χ4v) is 2.75. The number of amides is 2. The van der Waals surface area contributed by atoms with E-state index in [1.807, 2.05) is 34.0 Å². The van der Waals surface area contributed by atoms with Crippen molar-refractivity contribution in [2.24, 2.45) is 0 Å². The van der Waals surface area contributed by atoms with Crippen molar-refractivity contribution in [1.82, 2.24) is 15.1 Å². The monoisotopic (exact) mass is 269 g/mol. The Morgan fingerprint density at radius 2 is 2.06 bits per heavy atom. The Morgan fingerprint density at radius 1 is 1.39 bits per heavy atom. The Morgan fingerprint density at radius 3 is 2.50 bits per heavy atom. The van der Waals surface area contributed by atoms with Gasteiger partial charge in [-0.2, -0.15) is 0 Å². The van der Waals surface area contributed by atoms with Crippen molar-refractivity contribution in [3.8, 4) is 0 Å². The largest absolute Gasteiger partial charge is 0.336 e. The zero-order chi connectivity index (χ0) is 13.5. The highest BCUT2D eigenvalue weighted by atomic mass is 32.1. The number of likely N-dealkylation sites (N-methyl/N-ethyl adjacent to an activating group) is 1. The SMILES string of the molecule is CCN(CC)C(=O)NCC(c1cccs1)N(C)C. The van der Waals surface area contributed by atoms with Crippen LogP contribution in [0.25, 0.3) is 0 Å². The smallest absolute Gasteiger partial charge is 0.317 e. The van der Waals surface area contributed by atoms with Gasteiger partial charge in [0.2, 0.25) is 0 Å². The van der Waals surface area contributed by atoms with E-state index in [0.717, 1.165) is 13.1 Å². The van der Waals surface area contributed by atoms with Gasteiger partial charge in [0.25, 0.3) is 0 Å². The van der Waals surface area contributed by atoms with Crippen molar-refractivity contribution in [2.45, 2.75) is 19.9 Å². The lowest BCUT2D eigenvalue weighted by atomic mass is 10.2. The number of nitrogens with zero attached hydrogens (tertiary/aromatic N) is 2. The maximum Gasteiger partial charge on any atom is 0.317 e. The molecule has 1 heterocycles. The molecule has 0 saturated carbocycles. The molecule has 102 valence electrons. The van der Waals surface area contributed by atoms with Gasteiger partial charge in [0.05, 0.1) is 6.04 Å². The predicted molar refractivity (Wildman–Crippen MR) is 77.1 cm³/mol. The van der Waals surface area contributed by atoms with Crippen LogP contribution in [0.4, 0.5) is 4.79 Å². The summed E-state index contributed by atoms with van der Waals surface area (Å²) >= 11 is 1.72. The molecule has 1 N–H and O–H groups in total. The third kappa shape index (κ3) is 3.99. The molecule has 1 atom stereocenters. The molecule has 2 amide bonds. The van der Waals surface area contributed by atoms with Crippen LogP contribution in [0.2, 0.25) is 0 Å². The van der Waals surface area contributed by atoms with Crippen molar-refractivity contribution in [1.29, 1.82) is 0 Å². The summed E-state index contributed by atoms with van der Waals surface area (Å²) in [5.41, 5.74) is 0. The van der Waals surface area contributed by atoms with Crippen LogP contribution in [0, 0.1) is 0 Å². The first-order valence-corrected chi connectivity index (χ1v) is 7.20. The van der Waals surface area contributed by atoms with Crippen molar-refractivity contribution < 1.29 is 4.79 Å². The number of thiophene rings is 1. The number of nitrogens with one attached hydrogen (secondary N) is 1. The molecule has 1 aromatic rings. The van der Waals surface area contributed by atoms with Gasteiger partial charge in [0.15, 0.2) is 0 Å². The molecule has 18 heavy (non-hydrogen) atoms. The van der Waals surface area contributed by atoms with Gasteiger partial charge < -0.3 is 15.1 Å². The lowest BCUT2D eigenvalue weighted by molar-refractivity contribution is 0.197. The second kappa shape index (κ2) is 7.38. The number of hydrogen-bond donors (Lipinski definition) is 1. The summed E-state index contributed by atoms with van der Waals surface area (Å²) in [6, 6.07) is 4.41. The minimum atomic E-state index is 0.0170. The molecule has 0 saturated heterocycles. The molecule has 4 nitrogen and oxygen atoms in total. The third-order valence-electron chi connectivity index (χ3n) is 2.99. The average Bonchev–Trinajstić information content (AvgIpc) is 2.84. The molecule has 5 heteroatoms. The molecule has 1 rings (SSSR count). The normalized spacial score (nSPS) is 12.5. The highest BCUT2D eigenvalue weighted by Crippen LogP contribution is 2.22. The van der Waals surface area contributed by atoms with E-state index >= 15 is 0 Å². The molecule has 0 fully saturated rings. The Labute approximate surface area is 114 Å². The van der Waals surface area contributed by atoms with Crippen LogP contribution in [0.1, 0.15) is 24.8 Å². The summed E-state index contributed by atoms with van der Waals surface area (Å²) in [6.07, 6.45) is 0. The van der Waals surface area contributed by atoms with E-state index in [2.05, 4.69) is 21.7 Å². The van der Waals surface area contributed by atoms with Crippen LogP contribution in [0.5, 0.6) is 0 Å². The molecule has 0 aliphatic heterocycles. The molecular weight excluding hydrogens is 246 g/mol. The van der Waals surface area contributed by atoms with E-state index < -0.39 is 0 Å². The summed E-state index contributed by atoms with van der Waals surface area (Å²) in [7, 11) is 4.07. The van der Waals surface area contributed by atoms with Crippen molar-refractivity contribution >= 4 is 17.4 Å². The fourth-order valence-electron chi connectivity index (χ4n) is 1.83. The maximum atomic E-state index is 11.9. The Kier molecular flexibility index (Phi) is 6.15. The van der Waals surface area contributed by atoms with Crippen LogP contribution in [-0.4, -0.2) is 49.6 Å². The average molecular weight is 269 g/mol. The molecule has 1 aromatic heterocycles. The number of rotatable bonds is 6. The Hall–Kier alpha value is -1.07. The Balaban J connectivity index is 2.56. The van der Waals surface area contributed by atoms with Gasteiger partial charge in [-0.3, -0.25) is 0 Å². The minimum absolute atomic E-state index is 0.0170. The summed E-state index contributed by atoms with van der Waals surface area (Å²) < 4.78 is 0. The molecule has 1 unspecified atom stereocenters. The summed E-state index contributed by atoms with van der Waals surface area (Å²) in [5.74, 6) is 0. The topological polar surface area (TPSA) is 35.6 Å². The van der Waals surface area contributed by atoms with Crippen LogP contribution in [0.15, 0.2) is 17.5 Å². The maximum absolute atomic E-state index is 11.9. The van der Waals surface area contributed by atoms with E-state index in [4.69, 9.17) is 0 Å². The number of carbonyl (C=O) groups excluding carboxylic acids is 1. The molecule has 0 aliphatic carbocycles. The molecule has 0 aliphatic rings. The first kappa shape index (κ1) is 15.0. The van der Waals surface area contributed by atoms with Gasteiger partial charge in [-0.1, -0.05) is 6.07 Å². The molecule has 0 bridgehead atoms. The molecular formula is C13H23N3OS. The number of urea groups is 1. The second-order valence-corrected chi connectivity index (χ2v) is 5.33. The zero-order valence-corrected chi connectivity index (χ0v) is 12.5. The van der Waals surface area contributed by atoms with Gasteiger partial charge >= 0.3 is 6.03 Å². The summed E-state index contributed by atoms with van der Waals surface area (Å²) in [4.78, 5) is 17.1. The van der Waals surface area contributed by atoms with Crippen molar-refractivity contribution in [3.63, 3.8) is 0 Å². The van der Waals surface area contributed by atoms with Crippen LogP contribution in [0.3, 0.4) is 0 Å². The van der Waals surface area contributed by atoms with Crippen LogP contribution >= 0.6 is 11.3 Å². The van der Waals surface area contributed by atoms with Crippen molar-refractivity contribution in [3.05, 3.63) is 22.4 Å². The lowest BCUT2D eigenvalue weighted by Gasteiger charge is -2.26. The first-order chi connectivity index (χ1) is 8.60. The predicted octanol–water partition coefficient (Wildman–Crippen LogP) is 2.40. The van der Waals surface area contributed by atoms with Gasteiger partial charge in [-0.15, -0.1) is 11.3 Å². The second-order valence-electron chi connectivity index (χ2n) is 4.35. The zero-order valence-electron chi connectivity index (χ0n) is 11.6. The lowest BCUT2D eigenvalue weighted by Crippen LogP contribution is -2.43. The number of hydrogen-bond acceptors (Lipinski definition) is 3. The van der Waals surface area contributed by atoms with Gasteiger partial charge in [-0.25, -0.2) is 4.79 Å². The van der Waals surface area contributed by atoms with Gasteiger partial charge in [-0.05, 0) is 39.4 Å². The van der Waals surface area contributed by atoms with E-state index in [1.54, 1.807) is 16.2 Å². The first-order valence-electron chi connectivity index (χ1n) is 6.32. The third-order valence-corrected chi connectivity index (χ3v) is 3.97. The molecule has 0 radical (unpaired) electrons. The van der Waals surface area contributed by atoms with E-state index in [0.29, 0.717) is 6.54 Å². The number of carbonyl (C=O) groups is 1. The Bertz CT molecular complexity index is 347. The molecule has 0 aromatic carbocycles. The van der Waals surface area contributed by atoms with Crippen LogP contribution < -0.4 is 5.32 Å². The standard InChI is InChI=1S/C13H23N3OS/c1-5-16(6-2)13(17)14-10-11(15(3)4)12-8-7-9-18-12/h7-9,11H,5-6,10H2,1-4H3,(H,14,17). The van der Waals surface area contributed by atoms with E-state index in [1.165, 1.54) is 4.88 Å². The minimum Gasteiger partial charge on any atom is -0.336 e. The quantitative estimate of drug-likeness (QED) is 0.861. The van der Waals surface area contributed by atoms with Crippen LogP contribution in [-0.2, 0) is 0 Å². The highest BCUT2D eigenvalue weighted by molar-refractivity contribution is 7.10. The molecule has 0 spiro atoms. The van der Waals surface area contributed by atoms with Gasteiger partial charge in [0, 0.05) is 24.5 Å². The van der Waals surface area contributed by atoms with E-state index in [9.17, 15) is 4.79 Å². The van der Waals surface area contributed by atoms with E-state index in [-0.39, 0.29) is 12.1 Å². The summed E-state index contributed by atoms with van der Waals surface area (Å²) in [5, 5.41) is 5.07. The highest BCUT2D eigenvalue weighted by Gasteiger charge is 2.17. The van der Waals surface area contributed by atoms with Crippen molar-refractivity contribution in [2.75, 3.05) is 33.7 Å². The fraction of sp³-hybridized carbons (Fsp3) is 0.615. The van der Waals surface area contributed by atoms with Gasteiger partial charge in [0.1, 0.15) is 0 Å². The summed E-state index contributed by atoms with van der Waals surface area (Å²) in [6.45, 7) is 6.11.